The third-order valence-corrected chi connectivity index (χ3v) is 0.954. The van der Waals surface area contributed by atoms with Gasteiger partial charge in [0.2, 0.25) is 0 Å². The van der Waals surface area contributed by atoms with Gasteiger partial charge in [0.15, 0.2) is 5.88 Å². The molecule has 0 fully saturated rings. The number of aliphatic hydroxyl groups is 1. The lowest BCUT2D eigenvalue weighted by atomic mass is 10.4. The summed E-state index contributed by atoms with van der Waals surface area (Å²) in [6, 6.07) is 0. The fraction of sp³-hybridized carbons (Fsp3) is 0.714. The highest BCUT2D eigenvalue weighted by atomic mass is 16.3. The third-order valence-electron chi connectivity index (χ3n) is 0.954. The van der Waals surface area contributed by atoms with E-state index in [1.54, 1.807) is 6.08 Å². The molecular weight excluding hydrogens is 114 g/mol. The summed E-state index contributed by atoms with van der Waals surface area (Å²) in [5.41, 5.74) is 0. The Morgan fingerprint density at radius 2 is 2.22 bits per heavy atom. The molecule has 0 aliphatic heterocycles. The van der Waals surface area contributed by atoms with E-state index >= 15 is 0 Å². The highest BCUT2D eigenvalue weighted by Crippen LogP contribution is 1.85. The molecule has 0 heterocycles. The Kier molecular flexibility index (Phi) is 5.07. The predicted molar refractivity (Wildman–Crippen MR) is 39.3 cm³/mol. The van der Waals surface area contributed by atoms with Crippen molar-refractivity contribution in [2.45, 2.75) is 26.7 Å². The summed E-state index contributed by atoms with van der Waals surface area (Å²) >= 11 is 0. The number of hydrogen-bond donors (Lipinski definition) is 2. The lowest BCUT2D eigenvalue weighted by molar-refractivity contribution is 0.361. The summed E-state index contributed by atoms with van der Waals surface area (Å²) in [5.74, 6) is 0.305. The first-order chi connectivity index (χ1) is 4.31. The first-order valence-corrected chi connectivity index (χ1v) is 3.44. The molecule has 0 bridgehead atoms. The highest BCUT2D eigenvalue weighted by Gasteiger charge is 1.84. The summed E-state index contributed by atoms with van der Waals surface area (Å²) in [7, 11) is 0. The predicted octanol–water partition coefficient (Wildman–Crippen LogP) is 1.80. The van der Waals surface area contributed by atoms with Crippen LogP contribution in [0.1, 0.15) is 26.7 Å². The number of aliphatic hydroxyl groups excluding tert-OH is 1. The minimum atomic E-state index is 0.305. The molecule has 0 radical (unpaired) electrons. The summed E-state index contributed by atoms with van der Waals surface area (Å²) < 4.78 is 0. The quantitative estimate of drug-likeness (QED) is 0.567. The van der Waals surface area contributed by atoms with E-state index in [-0.39, 0.29) is 0 Å². The highest BCUT2D eigenvalue weighted by molar-refractivity contribution is 4.86. The van der Waals surface area contributed by atoms with Gasteiger partial charge in [-0.3, -0.25) is 0 Å². The van der Waals surface area contributed by atoms with E-state index in [4.69, 9.17) is 5.11 Å². The Hall–Kier alpha value is -0.660. The lowest BCUT2D eigenvalue weighted by Crippen LogP contribution is -2.13. The molecule has 9 heavy (non-hydrogen) atoms. The molecule has 0 rings (SSSR count). The van der Waals surface area contributed by atoms with Crippen molar-refractivity contribution in [2.24, 2.45) is 0 Å². The Morgan fingerprint density at radius 1 is 1.56 bits per heavy atom. The SMILES string of the molecule is CC/C=C(\O)NCCC. The molecule has 0 aromatic heterocycles. The molecule has 0 amide bonds. The average molecular weight is 129 g/mol. The summed E-state index contributed by atoms with van der Waals surface area (Å²) in [6.45, 7) is 4.90. The van der Waals surface area contributed by atoms with Gasteiger partial charge < -0.3 is 10.4 Å². The molecule has 0 unspecified atom stereocenters. The van der Waals surface area contributed by atoms with Gasteiger partial charge in [-0.05, 0) is 18.9 Å². The van der Waals surface area contributed by atoms with Crippen LogP contribution in [0, 0.1) is 0 Å². The zero-order chi connectivity index (χ0) is 7.11. The van der Waals surface area contributed by atoms with Crippen LogP contribution in [0.3, 0.4) is 0 Å². The van der Waals surface area contributed by atoms with Crippen LogP contribution in [0.4, 0.5) is 0 Å². The van der Waals surface area contributed by atoms with E-state index < -0.39 is 0 Å². The van der Waals surface area contributed by atoms with Crippen molar-refractivity contribution < 1.29 is 5.11 Å². The van der Waals surface area contributed by atoms with E-state index in [2.05, 4.69) is 12.2 Å². The summed E-state index contributed by atoms with van der Waals surface area (Å²) in [6.07, 6.45) is 3.68. The van der Waals surface area contributed by atoms with E-state index in [1.165, 1.54) is 0 Å². The fourth-order valence-corrected chi connectivity index (χ4v) is 0.519. The maximum atomic E-state index is 8.93. The lowest BCUT2D eigenvalue weighted by Gasteiger charge is -2.00. The van der Waals surface area contributed by atoms with Crippen molar-refractivity contribution in [3.05, 3.63) is 12.0 Å². The molecule has 0 aromatic carbocycles. The Bertz CT molecular complexity index is 88.9. The van der Waals surface area contributed by atoms with Crippen LogP contribution < -0.4 is 5.32 Å². The molecule has 0 saturated carbocycles. The number of rotatable bonds is 4. The van der Waals surface area contributed by atoms with Gasteiger partial charge in [0.05, 0.1) is 0 Å². The van der Waals surface area contributed by atoms with Gasteiger partial charge >= 0.3 is 0 Å². The molecule has 2 nitrogen and oxygen atoms in total. The zero-order valence-corrected chi connectivity index (χ0v) is 6.15. The molecule has 0 atom stereocenters. The zero-order valence-electron chi connectivity index (χ0n) is 6.15. The van der Waals surface area contributed by atoms with Crippen LogP contribution in [0.25, 0.3) is 0 Å². The molecule has 2 N–H and O–H groups in total. The van der Waals surface area contributed by atoms with E-state index in [1.807, 2.05) is 6.92 Å². The van der Waals surface area contributed by atoms with Crippen molar-refractivity contribution in [1.82, 2.24) is 5.32 Å². The van der Waals surface area contributed by atoms with Crippen molar-refractivity contribution >= 4 is 0 Å². The molecule has 2 heteroatoms. The van der Waals surface area contributed by atoms with Crippen molar-refractivity contribution in [3.8, 4) is 0 Å². The van der Waals surface area contributed by atoms with E-state index in [0.717, 1.165) is 19.4 Å². The van der Waals surface area contributed by atoms with E-state index in [0.29, 0.717) is 5.88 Å². The Balaban J connectivity index is 3.25. The molecule has 0 aliphatic carbocycles. The summed E-state index contributed by atoms with van der Waals surface area (Å²) in [4.78, 5) is 0. The van der Waals surface area contributed by atoms with Gasteiger partial charge in [0.1, 0.15) is 0 Å². The van der Waals surface area contributed by atoms with Gasteiger partial charge in [-0.15, -0.1) is 0 Å². The smallest absolute Gasteiger partial charge is 0.179 e. The molecule has 54 valence electrons. The van der Waals surface area contributed by atoms with Gasteiger partial charge in [0, 0.05) is 6.54 Å². The standard InChI is InChI=1S/C7H15NO/c1-3-5-7(9)8-6-4-2/h5,8-9H,3-4,6H2,1-2H3/b7-5-. The van der Waals surface area contributed by atoms with Crippen LogP contribution in [-0.4, -0.2) is 11.7 Å². The molecule has 0 spiro atoms. The van der Waals surface area contributed by atoms with Crippen LogP contribution in [0.2, 0.25) is 0 Å². The molecular formula is C7H15NO. The Morgan fingerprint density at radius 3 is 2.67 bits per heavy atom. The monoisotopic (exact) mass is 129 g/mol. The minimum absolute atomic E-state index is 0.305. The molecule has 0 aromatic rings. The third kappa shape index (κ3) is 5.21. The number of allylic oxidation sites excluding steroid dienone is 1. The van der Waals surface area contributed by atoms with Crippen LogP contribution in [-0.2, 0) is 0 Å². The maximum Gasteiger partial charge on any atom is 0.179 e. The van der Waals surface area contributed by atoms with Gasteiger partial charge in [-0.25, -0.2) is 0 Å². The first kappa shape index (κ1) is 8.34. The second kappa shape index (κ2) is 5.48. The normalized spacial score (nSPS) is 11.6. The second-order valence-electron chi connectivity index (χ2n) is 1.92. The molecule has 0 aliphatic rings. The van der Waals surface area contributed by atoms with Crippen LogP contribution >= 0.6 is 0 Å². The van der Waals surface area contributed by atoms with Crippen molar-refractivity contribution in [3.63, 3.8) is 0 Å². The maximum absolute atomic E-state index is 8.93. The van der Waals surface area contributed by atoms with Gasteiger partial charge in [-0.1, -0.05) is 13.8 Å². The van der Waals surface area contributed by atoms with Crippen LogP contribution in [0.15, 0.2) is 12.0 Å². The average Bonchev–Trinajstić information content (AvgIpc) is 1.85. The van der Waals surface area contributed by atoms with Crippen LogP contribution in [0.5, 0.6) is 0 Å². The second-order valence-corrected chi connectivity index (χ2v) is 1.92. The largest absolute Gasteiger partial charge is 0.495 e. The van der Waals surface area contributed by atoms with Crippen molar-refractivity contribution in [1.29, 1.82) is 0 Å². The van der Waals surface area contributed by atoms with E-state index in [9.17, 15) is 0 Å². The number of nitrogens with one attached hydrogen (secondary N) is 1. The topological polar surface area (TPSA) is 32.3 Å². The van der Waals surface area contributed by atoms with Gasteiger partial charge in [0.25, 0.3) is 0 Å². The minimum Gasteiger partial charge on any atom is -0.495 e. The van der Waals surface area contributed by atoms with Gasteiger partial charge in [-0.2, -0.15) is 0 Å². The number of hydrogen-bond acceptors (Lipinski definition) is 2. The molecule has 0 saturated heterocycles. The summed E-state index contributed by atoms with van der Waals surface area (Å²) in [5, 5.41) is 11.8. The van der Waals surface area contributed by atoms with Crippen molar-refractivity contribution in [2.75, 3.05) is 6.54 Å². The first-order valence-electron chi connectivity index (χ1n) is 3.44. The fourth-order valence-electron chi connectivity index (χ4n) is 0.519. The Labute approximate surface area is 56.6 Å².